The maximum atomic E-state index is 12.5. The molecule has 9 nitrogen and oxygen atoms in total. The number of aromatic carboxylic acids is 1. The number of thioether (sulfide) groups is 1. The summed E-state index contributed by atoms with van der Waals surface area (Å²) in [5.41, 5.74) is -0.0737. The van der Waals surface area contributed by atoms with Gasteiger partial charge in [-0.1, -0.05) is 18.2 Å². The topological polar surface area (TPSA) is 137 Å². The Hall–Kier alpha value is -3.53. The molecule has 4 N–H and O–H groups in total. The molecule has 2 aromatic carbocycles. The number of H-pyrrole nitrogens is 1. The van der Waals surface area contributed by atoms with Crippen LogP contribution < -0.4 is 15.6 Å². The highest BCUT2D eigenvalue weighted by Crippen LogP contribution is 2.23. The third-order valence-electron chi connectivity index (χ3n) is 3.77. The molecule has 0 aliphatic carbocycles. The molecule has 3 aromatic rings. The predicted octanol–water partition coefficient (Wildman–Crippen LogP) is 1.77. The lowest BCUT2D eigenvalue weighted by Crippen LogP contribution is -2.37. The monoisotopic (exact) mass is 402 g/mol. The number of aromatic nitrogens is 2. The average molecular weight is 402 g/mol. The number of carbonyl (C=O) groups excluding carboxylic acids is 1. The lowest BCUT2D eigenvalue weighted by molar-refractivity contribution is -0.704. The van der Waals surface area contributed by atoms with Gasteiger partial charge in [0.2, 0.25) is 11.6 Å². The molecule has 1 heterocycles. The third kappa shape index (κ3) is 4.07. The second-order valence-electron chi connectivity index (χ2n) is 5.74. The predicted molar refractivity (Wildman–Crippen MR) is 99.9 cm³/mol. The van der Waals surface area contributed by atoms with Crippen LogP contribution >= 0.6 is 11.8 Å². The van der Waals surface area contributed by atoms with Crippen LogP contribution in [-0.2, 0) is 4.79 Å². The first-order valence-electron chi connectivity index (χ1n) is 8.09. The molecule has 0 fully saturated rings. The van der Waals surface area contributed by atoms with Gasteiger partial charge in [-0.05, 0) is 46.8 Å². The minimum absolute atomic E-state index is 0.186. The summed E-state index contributed by atoms with van der Waals surface area (Å²) in [7, 11) is 0. The fraction of sp³-hybridized carbons (Fsp3) is 0.111. The summed E-state index contributed by atoms with van der Waals surface area (Å²) in [6.07, 6.45) is 0. The fourth-order valence-corrected chi connectivity index (χ4v) is 3.25. The molecule has 1 atom stereocenters. The van der Waals surface area contributed by atoms with Crippen molar-refractivity contribution in [3.63, 3.8) is 0 Å². The Morgan fingerprint density at radius 1 is 1.21 bits per heavy atom. The number of hydrogen-bond acceptors (Lipinski definition) is 6. The van der Waals surface area contributed by atoms with Gasteiger partial charge in [-0.25, -0.2) is 9.59 Å². The van der Waals surface area contributed by atoms with Crippen LogP contribution in [0.2, 0.25) is 0 Å². The molecule has 1 amide bonds. The fourth-order valence-electron chi connectivity index (χ4n) is 2.36. The molecule has 1 aromatic heterocycles. The van der Waals surface area contributed by atoms with Gasteiger partial charge in [0.05, 0.1) is 5.25 Å². The number of rotatable bonds is 6. The minimum Gasteiger partial charge on any atom is -0.507 e. The van der Waals surface area contributed by atoms with E-state index in [-0.39, 0.29) is 16.3 Å². The summed E-state index contributed by atoms with van der Waals surface area (Å²) in [4.78, 5) is 35.6. The highest BCUT2D eigenvalue weighted by atomic mass is 32.2. The average Bonchev–Trinajstić information content (AvgIpc) is 3.04. The zero-order valence-corrected chi connectivity index (χ0v) is 15.4. The Morgan fingerprint density at radius 2 is 1.93 bits per heavy atom. The molecule has 0 bridgehead atoms. The van der Waals surface area contributed by atoms with E-state index in [9.17, 15) is 19.5 Å². The number of aromatic hydroxyl groups is 1. The van der Waals surface area contributed by atoms with E-state index >= 15 is 0 Å². The van der Waals surface area contributed by atoms with Crippen molar-refractivity contribution in [2.45, 2.75) is 17.2 Å². The number of phenols is 1. The van der Waals surface area contributed by atoms with E-state index in [1.54, 1.807) is 31.2 Å². The molecule has 0 aliphatic rings. The maximum absolute atomic E-state index is 12.5. The number of hydrogen-bond donors (Lipinski definition) is 4. The van der Waals surface area contributed by atoms with E-state index in [2.05, 4.69) is 10.6 Å². The van der Waals surface area contributed by atoms with Crippen LogP contribution in [0.15, 0.2) is 62.9 Å². The first kappa shape index (κ1) is 19.2. The van der Waals surface area contributed by atoms with Gasteiger partial charge in [-0.3, -0.25) is 9.32 Å². The number of nitrogens with one attached hydrogen (secondary N) is 2. The van der Waals surface area contributed by atoms with Gasteiger partial charge in [0.25, 0.3) is 0 Å². The Bertz CT molecular complexity index is 1080. The van der Waals surface area contributed by atoms with E-state index < -0.39 is 28.5 Å². The summed E-state index contributed by atoms with van der Waals surface area (Å²) < 4.78 is 6.27. The number of carboxylic acid groups (broad SMARTS) is 1. The summed E-state index contributed by atoms with van der Waals surface area (Å²) in [6.45, 7) is 1.60. The van der Waals surface area contributed by atoms with Crippen LogP contribution in [-0.4, -0.2) is 32.6 Å². The van der Waals surface area contributed by atoms with E-state index in [1.165, 1.54) is 16.8 Å². The van der Waals surface area contributed by atoms with Crippen LogP contribution in [0.1, 0.15) is 17.3 Å². The van der Waals surface area contributed by atoms with Crippen LogP contribution in [0, 0.1) is 0 Å². The normalized spacial score (nSPS) is 11.8. The molecule has 0 saturated heterocycles. The number of amides is 1. The van der Waals surface area contributed by atoms with Crippen LogP contribution in [0.5, 0.6) is 5.75 Å². The van der Waals surface area contributed by atoms with Crippen molar-refractivity contribution in [3.05, 3.63) is 64.5 Å². The van der Waals surface area contributed by atoms with Crippen molar-refractivity contribution in [3.8, 4) is 11.4 Å². The zero-order valence-electron chi connectivity index (χ0n) is 14.6. The number of para-hydroxylation sites is 1. The van der Waals surface area contributed by atoms with E-state index in [0.29, 0.717) is 5.69 Å². The number of benzene rings is 2. The number of nitrogens with zero attached hydrogens (tertiary/aromatic N) is 1. The lowest BCUT2D eigenvalue weighted by atomic mass is 10.2. The van der Waals surface area contributed by atoms with Crippen molar-refractivity contribution in [1.82, 2.24) is 5.27 Å². The number of carbonyl (C=O) groups is 2. The SMILES string of the molecule is CC(Sc1c(=O)o[nH][n+]1-c1ccccc1)C(=O)Nc1ccc(O)c(C(=O)O)c1. The molecule has 0 radical (unpaired) electrons. The highest BCUT2D eigenvalue weighted by molar-refractivity contribution is 8.00. The van der Waals surface area contributed by atoms with Gasteiger partial charge in [0, 0.05) is 17.8 Å². The van der Waals surface area contributed by atoms with Crippen LogP contribution in [0.4, 0.5) is 5.69 Å². The number of aromatic amines is 1. The second kappa shape index (κ2) is 8.01. The standard InChI is InChI=1S/C18H15N3O6S/c1-10(15(23)19-11-7-8-14(22)13(9-11)17(24)25)28-16-18(26)27-20-21(16)12-5-3-2-4-6-12/h2-10,20H,1H3,(H2,24,25,26)/p+1. The smallest absolute Gasteiger partial charge is 0.442 e. The Balaban J connectivity index is 1.77. The van der Waals surface area contributed by atoms with Gasteiger partial charge in [0.1, 0.15) is 11.3 Å². The first-order chi connectivity index (χ1) is 13.4. The van der Waals surface area contributed by atoms with Crippen molar-refractivity contribution in [2.24, 2.45) is 0 Å². The largest absolute Gasteiger partial charge is 0.507 e. The van der Waals surface area contributed by atoms with Crippen LogP contribution in [0.25, 0.3) is 5.69 Å². The van der Waals surface area contributed by atoms with E-state index in [0.717, 1.165) is 17.8 Å². The molecule has 144 valence electrons. The van der Waals surface area contributed by atoms with Gasteiger partial charge in [0.15, 0.2) is 0 Å². The highest BCUT2D eigenvalue weighted by Gasteiger charge is 2.29. The zero-order chi connectivity index (χ0) is 20.3. The molecule has 0 aliphatic heterocycles. The van der Waals surface area contributed by atoms with E-state index in [1.807, 2.05) is 6.07 Å². The Kier molecular flexibility index (Phi) is 5.50. The molecular formula is C18H16N3O6S+. The molecule has 0 spiro atoms. The summed E-state index contributed by atoms with van der Waals surface area (Å²) in [5.74, 6) is -2.17. The first-order valence-corrected chi connectivity index (χ1v) is 8.97. The third-order valence-corrected chi connectivity index (χ3v) is 4.91. The van der Waals surface area contributed by atoms with Gasteiger partial charge >= 0.3 is 16.6 Å². The molecule has 28 heavy (non-hydrogen) atoms. The van der Waals surface area contributed by atoms with E-state index in [4.69, 9.17) is 9.63 Å². The van der Waals surface area contributed by atoms with Gasteiger partial charge in [-0.15, -0.1) is 0 Å². The summed E-state index contributed by atoms with van der Waals surface area (Å²) in [6, 6.07) is 12.7. The molecule has 10 heteroatoms. The van der Waals surface area contributed by atoms with Gasteiger partial charge < -0.3 is 15.5 Å². The quantitative estimate of drug-likeness (QED) is 0.280. The van der Waals surface area contributed by atoms with Crippen LogP contribution in [0.3, 0.4) is 0 Å². The molecule has 0 saturated carbocycles. The minimum atomic E-state index is -1.31. The lowest BCUT2D eigenvalue weighted by Gasteiger charge is -2.10. The maximum Gasteiger partial charge on any atom is 0.442 e. The van der Waals surface area contributed by atoms with Crippen molar-refractivity contribution < 1.29 is 29.0 Å². The van der Waals surface area contributed by atoms with Crippen molar-refractivity contribution in [2.75, 3.05) is 5.32 Å². The molecule has 1 unspecified atom stereocenters. The summed E-state index contributed by atoms with van der Waals surface area (Å²) >= 11 is 0.987. The number of carboxylic acids is 1. The Morgan fingerprint density at radius 3 is 2.61 bits per heavy atom. The Labute approximate surface area is 162 Å². The van der Waals surface area contributed by atoms with Crippen molar-refractivity contribution >= 4 is 29.3 Å². The van der Waals surface area contributed by atoms with Crippen molar-refractivity contribution in [1.29, 1.82) is 0 Å². The molecular weight excluding hydrogens is 386 g/mol. The second-order valence-corrected chi connectivity index (χ2v) is 7.07. The summed E-state index contributed by atoms with van der Waals surface area (Å²) in [5, 5.41) is 23.1. The van der Waals surface area contributed by atoms with Gasteiger partial charge in [-0.2, -0.15) is 0 Å². The molecule has 3 rings (SSSR count). The number of anilines is 1.